The fraction of sp³-hybridized carbons (Fsp3) is 0.923. The van der Waals surface area contributed by atoms with Crippen molar-refractivity contribution in [3.8, 4) is 0 Å². The average Bonchev–Trinajstić information content (AvgIpc) is 2.18. The van der Waals surface area contributed by atoms with Crippen LogP contribution >= 0.6 is 0 Å². The zero-order chi connectivity index (χ0) is 13.4. The molecule has 4 heteroatoms. The molecule has 0 aliphatic carbocycles. The van der Waals surface area contributed by atoms with Crippen LogP contribution in [-0.4, -0.2) is 58.6 Å². The van der Waals surface area contributed by atoms with Crippen LogP contribution in [0.3, 0.4) is 0 Å². The Morgan fingerprint density at radius 2 is 1.82 bits per heavy atom. The molecule has 1 heterocycles. The van der Waals surface area contributed by atoms with Gasteiger partial charge in [-0.1, -0.05) is 0 Å². The smallest absolute Gasteiger partial charge is 0.309 e. The van der Waals surface area contributed by atoms with Crippen LogP contribution in [0.2, 0.25) is 0 Å². The molecule has 17 heavy (non-hydrogen) atoms. The summed E-state index contributed by atoms with van der Waals surface area (Å²) in [4.78, 5) is 15.7. The number of rotatable bonds is 1. The molecule has 4 nitrogen and oxygen atoms in total. The molecule has 1 aliphatic rings. The maximum Gasteiger partial charge on any atom is 0.309 e. The van der Waals surface area contributed by atoms with Crippen LogP contribution in [0.4, 0.5) is 0 Å². The van der Waals surface area contributed by atoms with Crippen molar-refractivity contribution in [1.82, 2.24) is 9.80 Å². The molecular weight excluding hydrogens is 216 g/mol. The van der Waals surface area contributed by atoms with Gasteiger partial charge in [0.15, 0.2) is 0 Å². The van der Waals surface area contributed by atoms with E-state index in [1.165, 1.54) is 0 Å². The van der Waals surface area contributed by atoms with Gasteiger partial charge in [-0.15, -0.1) is 0 Å². The topological polar surface area (TPSA) is 43.8 Å². The van der Waals surface area contributed by atoms with Crippen molar-refractivity contribution in [3.63, 3.8) is 0 Å². The summed E-state index contributed by atoms with van der Waals surface area (Å²) in [5.74, 6) is -0.996. The summed E-state index contributed by atoms with van der Waals surface area (Å²) in [6.07, 6.45) is 0. The number of aliphatic carboxylic acids is 1. The third-order valence-corrected chi connectivity index (χ3v) is 3.48. The van der Waals surface area contributed by atoms with Gasteiger partial charge >= 0.3 is 5.97 Å². The molecule has 0 saturated carbocycles. The van der Waals surface area contributed by atoms with Crippen molar-refractivity contribution in [2.45, 2.75) is 45.7 Å². The first-order valence-electron chi connectivity index (χ1n) is 6.23. The Morgan fingerprint density at radius 3 is 2.24 bits per heavy atom. The average molecular weight is 242 g/mol. The molecule has 0 aromatic heterocycles. The second kappa shape index (κ2) is 4.58. The molecule has 0 radical (unpaired) electrons. The minimum atomic E-state index is -0.691. The van der Waals surface area contributed by atoms with Crippen molar-refractivity contribution in [2.24, 2.45) is 5.92 Å². The Labute approximate surface area is 105 Å². The zero-order valence-electron chi connectivity index (χ0n) is 11.9. The van der Waals surface area contributed by atoms with E-state index in [-0.39, 0.29) is 17.0 Å². The van der Waals surface area contributed by atoms with E-state index >= 15 is 0 Å². The first kappa shape index (κ1) is 14.5. The lowest BCUT2D eigenvalue weighted by atomic mass is 9.93. The van der Waals surface area contributed by atoms with E-state index in [1.54, 1.807) is 0 Å². The normalized spacial score (nSPS) is 27.8. The predicted octanol–water partition coefficient (Wildman–Crippen LogP) is 1.51. The summed E-state index contributed by atoms with van der Waals surface area (Å²) in [6, 6.07) is 0. The largest absolute Gasteiger partial charge is 0.481 e. The maximum absolute atomic E-state index is 11.3. The van der Waals surface area contributed by atoms with Crippen molar-refractivity contribution in [1.29, 1.82) is 0 Å². The van der Waals surface area contributed by atoms with Crippen LogP contribution in [0, 0.1) is 5.92 Å². The van der Waals surface area contributed by atoms with Gasteiger partial charge < -0.3 is 10.0 Å². The SMILES string of the molecule is CN1CC(C(=O)O)CN(C(C)(C)C)C(C)(C)C1. The number of hydrogen-bond donors (Lipinski definition) is 1. The Hall–Kier alpha value is -0.610. The molecule has 0 amide bonds. The maximum atomic E-state index is 11.3. The Morgan fingerprint density at radius 1 is 1.29 bits per heavy atom. The highest BCUT2D eigenvalue weighted by Crippen LogP contribution is 2.29. The molecule has 1 saturated heterocycles. The summed E-state index contributed by atoms with van der Waals surface area (Å²) >= 11 is 0. The molecule has 0 aromatic rings. The lowest BCUT2D eigenvalue weighted by molar-refractivity contribution is -0.143. The first-order chi connectivity index (χ1) is 7.54. The highest BCUT2D eigenvalue weighted by Gasteiger charge is 2.41. The molecule has 1 atom stereocenters. The van der Waals surface area contributed by atoms with Gasteiger partial charge in [0.05, 0.1) is 5.92 Å². The minimum Gasteiger partial charge on any atom is -0.481 e. The molecule has 0 aromatic carbocycles. The van der Waals surface area contributed by atoms with Gasteiger partial charge in [-0.2, -0.15) is 0 Å². The Balaban J connectivity index is 3.03. The van der Waals surface area contributed by atoms with Gasteiger partial charge in [0.1, 0.15) is 0 Å². The number of carboxylic acids is 1. The van der Waals surface area contributed by atoms with Crippen LogP contribution in [0.25, 0.3) is 0 Å². The molecule has 1 rings (SSSR count). The molecular formula is C13H26N2O2. The van der Waals surface area contributed by atoms with E-state index in [0.29, 0.717) is 13.1 Å². The summed E-state index contributed by atoms with van der Waals surface area (Å²) in [7, 11) is 2.00. The van der Waals surface area contributed by atoms with Crippen molar-refractivity contribution in [2.75, 3.05) is 26.7 Å². The monoisotopic (exact) mass is 242 g/mol. The first-order valence-corrected chi connectivity index (χ1v) is 6.23. The predicted molar refractivity (Wildman–Crippen MR) is 69.2 cm³/mol. The lowest BCUT2D eigenvalue weighted by Gasteiger charge is -2.47. The fourth-order valence-corrected chi connectivity index (χ4v) is 3.05. The van der Waals surface area contributed by atoms with E-state index in [9.17, 15) is 9.90 Å². The molecule has 0 bridgehead atoms. The van der Waals surface area contributed by atoms with Crippen molar-refractivity contribution >= 4 is 5.97 Å². The van der Waals surface area contributed by atoms with Gasteiger partial charge in [0, 0.05) is 30.7 Å². The van der Waals surface area contributed by atoms with Gasteiger partial charge in [-0.3, -0.25) is 9.69 Å². The Kier molecular flexibility index (Phi) is 3.89. The van der Waals surface area contributed by atoms with Gasteiger partial charge in [0.25, 0.3) is 0 Å². The number of carbonyl (C=O) groups is 1. The standard InChI is InChI=1S/C13H26N2O2/c1-12(2,3)15-8-10(11(16)17)7-14(6)9-13(15,4)5/h10H,7-9H2,1-6H3,(H,16,17). The quantitative estimate of drug-likeness (QED) is 0.757. The van der Waals surface area contributed by atoms with E-state index in [0.717, 1.165) is 6.54 Å². The number of likely N-dealkylation sites (N-methyl/N-ethyl adjacent to an activating group) is 1. The molecule has 1 aliphatic heterocycles. The second-order valence-electron chi connectivity index (χ2n) is 6.83. The lowest BCUT2D eigenvalue weighted by Crippen LogP contribution is -2.57. The summed E-state index contributed by atoms with van der Waals surface area (Å²) < 4.78 is 0. The molecule has 1 N–H and O–H groups in total. The summed E-state index contributed by atoms with van der Waals surface area (Å²) in [5.41, 5.74) is -0.0143. The highest BCUT2D eigenvalue weighted by atomic mass is 16.4. The molecule has 0 spiro atoms. The van der Waals surface area contributed by atoms with Gasteiger partial charge in [-0.25, -0.2) is 0 Å². The van der Waals surface area contributed by atoms with Gasteiger partial charge in [-0.05, 0) is 41.7 Å². The summed E-state index contributed by atoms with van der Waals surface area (Å²) in [5, 5.41) is 9.28. The number of nitrogens with zero attached hydrogens (tertiary/aromatic N) is 2. The van der Waals surface area contributed by atoms with Crippen LogP contribution < -0.4 is 0 Å². The third kappa shape index (κ3) is 3.42. The van der Waals surface area contributed by atoms with Crippen LogP contribution in [0.5, 0.6) is 0 Å². The van der Waals surface area contributed by atoms with Crippen LogP contribution in [-0.2, 0) is 4.79 Å². The van der Waals surface area contributed by atoms with Gasteiger partial charge in [0.2, 0.25) is 0 Å². The third-order valence-electron chi connectivity index (χ3n) is 3.48. The molecule has 100 valence electrons. The van der Waals surface area contributed by atoms with E-state index in [4.69, 9.17) is 0 Å². The van der Waals surface area contributed by atoms with Crippen molar-refractivity contribution < 1.29 is 9.90 Å². The summed E-state index contributed by atoms with van der Waals surface area (Å²) in [6.45, 7) is 13.0. The van der Waals surface area contributed by atoms with E-state index in [2.05, 4.69) is 44.4 Å². The second-order valence-corrected chi connectivity index (χ2v) is 6.83. The van der Waals surface area contributed by atoms with E-state index in [1.807, 2.05) is 7.05 Å². The van der Waals surface area contributed by atoms with Crippen LogP contribution in [0.15, 0.2) is 0 Å². The van der Waals surface area contributed by atoms with Crippen LogP contribution in [0.1, 0.15) is 34.6 Å². The number of carboxylic acid groups (broad SMARTS) is 1. The van der Waals surface area contributed by atoms with E-state index < -0.39 is 5.97 Å². The molecule has 1 unspecified atom stereocenters. The number of hydrogen-bond acceptors (Lipinski definition) is 3. The minimum absolute atomic E-state index is 0.00278. The fourth-order valence-electron chi connectivity index (χ4n) is 3.05. The highest BCUT2D eigenvalue weighted by molar-refractivity contribution is 5.70. The van der Waals surface area contributed by atoms with Crippen molar-refractivity contribution in [3.05, 3.63) is 0 Å². The Bertz CT molecular complexity index is 294. The zero-order valence-corrected chi connectivity index (χ0v) is 11.9. The molecule has 1 fully saturated rings.